The lowest BCUT2D eigenvalue weighted by Gasteiger charge is -2.18. The third-order valence-electron chi connectivity index (χ3n) is 4.17. The molecule has 2 aromatic rings. The van der Waals surface area contributed by atoms with Gasteiger partial charge in [-0.05, 0) is 24.6 Å². The van der Waals surface area contributed by atoms with Gasteiger partial charge in [0.2, 0.25) is 0 Å². The second kappa shape index (κ2) is 8.09. The predicted octanol–water partition coefficient (Wildman–Crippen LogP) is 3.19. The van der Waals surface area contributed by atoms with Crippen molar-refractivity contribution in [3.63, 3.8) is 0 Å². The minimum Gasteiger partial charge on any atom is -0.439 e. The largest absolute Gasteiger partial charge is 0.439 e. The maximum absolute atomic E-state index is 12.7. The summed E-state index contributed by atoms with van der Waals surface area (Å²) in [7, 11) is 0. The first kappa shape index (κ1) is 18.7. The van der Waals surface area contributed by atoms with E-state index in [4.69, 9.17) is 16.3 Å². The quantitative estimate of drug-likeness (QED) is 0.203. The fourth-order valence-electron chi connectivity index (χ4n) is 2.81. The fourth-order valence-corrected chi connectivity index (χ4v) is 2.93. The molecule has 1 aliphatic rings. The number of ketones is 2. The molecule has 0 bridgehead atoms. The maximum atomic E-state index is 12.7. The van der Waals surface area contributed by atoms with E-state index in [9.17, 15) is 19.3 Å². The van der Waals surface area contributed by atoms with Gasteiger partial charge in [-0.2, -0.15) is 0 Å². The molecular weight excluding hydrogens is 372 g/mol. The summed E-state index contributed by atoms with van der Waals surface area (Å²) in [6.45, 7) is -0.0692. The Morgan fingerprint density at radius 1 is 1.00 bits per heavy atom. The summed E-state index contributed by atoms with van der Waals surface area (Å²) in [5.41, 5.74) is 1.15. The number of nitroso groups, excluding NO2 is 1. The highest BCUT2D eigenvalue weighted by Gasteiger charge is 2.30. The molecule has 0 heterocycles. The van der Waals surface area contributed by atoms with Crippen molar-refractivity contribution in [3.8, 4) is 0 Å². The number of fused-ring (bicyclic) bond motifs is 2. The van der Waals surface area contributed by atoms with Crippen molar-refractivity contribution in [3.05, 3.63) is 75.2 Å². The smallest absolute Gasteiger partial charge is 0.339 e. The van der Waals surface area contributed by atoms with Crippen LogP contribution in [0, 0.1) is 4.91 Å². The highest BCUT2D eigenvalue weighted by molar-refractivity contribution is 6.28. The molecule has 0 N–H and O–H groups in total. The second-order valence-corrected chi connectivity index (χ2v) is 6.26. The predicted molar refractivity (Wildman–Crippen MR) is 97.9 cm³/mol. The lowest BCUT2D eigenvalue weighted by atomic mass is 9.83. The fraction of sp³-hybridized carbons (Fsp3) is 0.211. The van der Waals surface area contributed by atoms with Crippen molar-refractivity contribution in [2.75, 3.05) is 19.2 Å². The van der Waals surface area contributed by atoms with Crippen molar-refractivity contribution in [2.45, 2.75) is 6.42 Å². The molecular formula is C19H15ClN2O5. The summed E-state index contributed by atoms with van der Waals surface area (Å²) >= 11 is 5.55. The van der Waals surface area contributed by atoms with Gasteiger partial charge < -0.3 is 4.74 Å². The van der Waals surface area contributed by atoms with Crippen LogP contribution in [0.15, 0.2) is 47.8 Å². The summed E-state index contributed by atoms with van der Waals surface area (Å²) < 4.78 is 5.05. The van der Waals surface area contributed by atoms with Gasteiger partial charge in [-0.15, -0.1) is 16.5 Å². The van der Waals surface area contributed by atoms with Crippen LogP contribution in [0.1, 0.15) is 48.6 Å². The number of hydrogen-bond acceptors (Lipinski definition) is 6. The highest BCUT2D eigenvalue weighted by Crippen LogP contribution is 2.28. The molecule has 27 heavy (non-hydrogen) atoms. The number of esters is 1. The Morgan fingerprint density at radius 3 is 2.26 bits per heavy atom. The summed E-state index contributed by atoms with van der Waals surface area (Å²) in [6.07, 6.45) is 0.514. The van der Waals surface area contributed by atoms with Crippen molar-refractivity contribution in [2.24, 2.45) is 5.29 Å². The maximum Gasteiger partial charge on any atom is 0.339 e. The Labute approximate surface area is 159 Å². The van der Waals surface area contributed by atoms with Gasteiger partial charge in [0.05, 0.1) is 10.8 Å². The number of rotatable bonds is 7. The molecule has 0 saturated heterocycles. The molecule has 1 aliphatic carbocycles. The molecule has 0 aliphatic heterocycles. The average Bonchev–Trinajstić information content (AvgIpc) is 2.71. The topological polar surface area (TPSA) is 93.1 Å². The Kier molecular flexibility index (Phi) is 5.61. The number of carbonyl (C=O) groups is 3. The molecule has 0 amide bonds. The van der Waals surface area contributed by atoms with Crippen LogP contribution >= 0.6 is 11.6 Å². The SMILES string of the molecule is O=NN(CCCCl)COC(=O)c1ccc2c(c1)C(=O)c1ccccc1C2=O. The molecule has 7 nitrogen and oxygen atoms in total. The molecule has 0 saturated carbocycles. The average molecular weight is 387 g/mol. The van der Waals surface area contributed by atoms with E-state index in [0.717, 1.165) is 5.01 Å². The first-order valence-electron chi connectivity index (χ1n) is 8.20. The molecule has 8 heteroatoms. The molecule has 0 unspecified atom stereocenters. The molecule has 2 aromatic carbocycles. The molecule has 0 radical (unpaired) electrons. The number of hydrogen-bond donors (Lipinski definition) is 0. The standard InChI is InChI=1S/C19H15ClN2O5/c20-8-3-9-22(21-26)11-27-19(25)12-6-7-15-16(10-12)18(24)14-5-2-1-4-13(14)17(15)23/h1-2,4-7,10H,3,8-9,11H2. The second-order valence-electron chi connectivity index (χ2n) is 5.88. The van der Waals surface area contributed by atoms with Crippen LogP contribution in [-0.4, -0.2) is 41.7 Å². The van der Waals surface area contributed by atoms with Crippen molar-refractivity contribution in [1.82, 2.24) is 5.01 Å². The number of halogens is 1. The number of benzene rings is 2. The van der Waals surface area contributed by atoms with E-state index in [1.54, 1.807) is 24.3 Å². The molecule has 0 atom stereocenters. The first-order valence-corrected chi connectivity index (χ1v) is 8.74. The number of carbonyl (C=O) groups excluding carboxylic acids is 3. The molecule has 0 spiro atoms. The van der Waals surface area contributed by atoms with Crippen LogP contribution in [-0.2, 0) is 4.74 Å². The van der Waals surface area contributed by atoms with Crippen molar-refractivity contribution in [1.29, 1.82) is 0 Å². The minimum absolute atomic E-state index is 0.109. The first-order chi connectivity index (χ1) is 13.1. The molecule has 0 aromatic heterocycles. The van der Waals surface area contributed by atoms with Crippen LogP contribution in [0.3, 0.4) is 0 Å². The van der Waals surface area contributed by atoms with Crippen LogP contribution < -0.4 is 0 Å². The van der Waals surface area contributed by atoms with E-state index in [2.05, 4.69) is 5.29 Å². The summed E-state index contributed by atoms with van der Waals surface area (Å²) in [4.78, 5) is 48.2. The van der Waals surface area contributed by atoms with Gasteiger partial charge in [0, 0.05) is 34.7 Å². The molecule has 3 rings (SSSR count). The summed E-state index contributed by atoms with van der Waals surface area (Å²) in [6, 6.07) is 10.7. The van der Waals surface area contributed by atoms with E-state index in [1.165, 1.54) is 18.2 Å². The van der Waals surface area contributed by atoms with Gasteiger partial charge in [0.1, 0.15) is 0 Å². The third kappa shape index (κ3) is 3.73. The lowest BCUT2D eigenvalue weighted by molar-refractivity contribution is 0.0216. The number of nitrogens with zero attached hydrogens (tertiary/aromatic N) is 2. The van der Waals surface area contributed by atoms with Crippen LogP contribution in [0.2, 0.25) is 0 Å². The van der Waals surface area contributed by atoms with Crippen molar-refractivity contribution < 1.29 is 19.1 Å². The van der Waals surface area contributed by atoms with Crippen LogP contribution in [0.25, 0.3) is 0 Å². The van der Waals surface area contributed by atoms with Gasteiger partial charge in [-0.25, -0.2) is 9.80 Å². The van der Waals surface area contributed by atoms with E-state index >= 15 is 0 Å². The van der Waals surface area contributed by atoms with E-state index in [1.807, 2.05) is 0 Å². The Morgan fingerprint density at radius 2 is 1.63 bits per heavy atom. The third-order valence-corrected chi connectivity index (χ3v) is 4.44. The highest BCUT2D eigenvalue weighted by atomic mass is 35.5. The van der Waals surface area contributed by atoms with Gasteiger partial charge in [0.25, 0.3) is 0 Å². The van der Waals surface area contributed by atoms with Gasteiger partial charge in [-0.3, -0.25) is 9.59 Å². The van der Waals surface area contributed by atoms with E-state index in [-0.39, 0.29) is 41.5 Å². The van der Waals surface area contributed by atoms with Crippen LogP contribution in [0.5, 0.6) is 0 Å². The van der Waals surface area contributed by atoms with Crippen molar-refractivity contribution >= 4 is 29.1 Å². The zero-order valence-corrected chi connectivity index (χ0v) is 14.9. The Bertz CT molecular complexity index is 928. The number of alkyl halides is 1. The molecule has 138 valence electrons. The van der Waals surface area contributed by atoms with Gasteiger partial charge in [-0.1, -0.05) is 24.3 Å². The lowest BCUT2D eigenvalue weighted by Crippen LogP contribution is -2.25. The van der Waals surface area contributed by atoms with E-state index < -0.39 is 5.97 Å². The zero-order valence-electron chi connectivity index (χ0n) is 14.2. The van der Waals surface area contributed by atoms with E-state index in [0.29, 0.717) is 23.4 Å². The monoisotopic (exact) mass is 386 g/mol. The minimum atomic E-state index is -0.726. The summed E-state index contributed by atoms with van der Waals surface area (Å²) in [5, 5.41) is 3.79. The molecule has 0 fully saturated rings. The normalized spacial score (nSPS) is 12.2. The Hall–Kier alpha value is -3.06. The Balaban J connectivity index is 1.80. The number of ether oxygens (including phenoxy) is 1. The van der Waals surface area contributed by atoms with Gasteiger partial charge >= 0.3 is 5.97 Å². The zero-order chi connectivity index (χ0) is 19.4. The van der Waals surface area contributed by atoms with Crippen LogP contribution in [0.4, 0.5) is 0 Å². The van der Waals surface area contributed by atoms with Gasteiger partial charge in [0.15, 0.2) is 18.3 Å². The summed E-state index contributed by atoms with van der Waals surface area (Å²) in [5.74, 6) is -0.968.